The lowest BCUT2D eigenvalue weighted by Crippen LogP contribution is -2.36. The summed E-state index contributed by atoms with van der Waals surface area (Å²) in [5.74, 6) is -0.644. The second-order valence-electron chi connectivity index (χ2n) is 8.28. The molecule has 2 aromatic carbocycles. The molecule has 0 amide bonds. The number of aryl methyl sites for hydroxylation is 2. The Kier molecular flexibility index (Phi) is 5.87. The van der Waals surface area contributed by atoms with Crippen LogP contribution in [0.15, 0.2) is 35.2 Å². The van der Waals surface area contributed by atoms with Gasteiger partial charge in [0.25, 0.3) is 0 Å². The van der Waals surface area contributed by atoms with E-state index in [4.69, 9.17) is 4.74 Å². The van der Waals surface area contributed by atoms with Crippen molar-refractivity contribution in [3.63, 3.8) is 0 Å². The molecule has 32 heavy (non-hydrogen) atoms. The number of sulfonamides is 1. The van der Waals surface area contributed by atoms with Gasteiger partial charge in [-0.3, -0.25) is 0 Å². The van der Waals surface area contributed by atoms with Crippen molar-refractivity contribution in [3.05, 3.63) is 47.2 Å². The Morgan fingerprint density at radius 2 is 1.84 bits per heavy atom. The van der Waals surface area contributed by atoms with Crippen LogP contribution < -0.4 is 9.46 Å². The molecule has 0 aliphatic heterocycles. The van der Waals surface area contributed by atoms with Crippen LogP contribution in [0.4, 0.5) is 0 Å². The van der Waals surface area contributed by atoms with Crippen molar-refractivity contribution in [1.29, 1.82) is 0 Å². The summed E-state index contributed by atoms with van der Waals surface area (Å²) in [6, 6.07) is 7.29. The topological polar surface area (TPSA) is 129 Å². The Morgan fingerprint density at radius 1 is 1.12 bits per heavy atom. The molecule has 1 heterocycles. The van der Waals surface area contributed by atoms with E-state index in [1.165, 1.54) is 18.2 Å². The maximum Gasteiger partial charge on any atom is 0.352 e. The molecule has 1 aliphatic carbocycles. The number of benzene rings is 2. The van der Waals surface area contributed by atoms with Crippen LogP contribution in [0.3, 0.4) is 0 Å². The van der Waals surface area contributed by atoms with E-state index < -0.39 is 16.0 Å². The summed E-state index contributed by atoms with van der Waals surface area (Å²) in [6.07, 6.45) is 4.62. The Bertz CT molecular complexity index is 1290. The highest BCUT2D eigenvalue weighted by Crippen LogP contribution is 2.37. The van der Waals surface area contributed by atoms with E-state index in [1.54, 1.807) is 12.1 Å². The second kappa shape index (κ2) is 8.48. The standard InChI is InChI=1S/C23H26N2O6S/c1-13-10-18-17(12-19(24-18)23(27)28)14(2)22(13)31-16-8-9-20(26)21(11-16)32(29,30)25-15-6-4-3-5-7-15/h8-12,15,24-26H,3-7H2,1-2H3,(H,27,28). The predicted molar refractivity (Wildman–Crippen MR) is 120 cm³/mol. The Balaban J connectivity index is 1.67. The number of H-pyrrole nitrogens is 1. The molecule has 4 N–H and O–H groups in total. The minimum Gasteiger partial charge on any atom is -0.507 e. The van der Waals surface area contributed by atoms with Crippen molar-refractivity contribution in [3.8, 4) is 17.2 Å². The zero-order chi connectivity index (χ0) is 23.0. The number of fused-ring (bicyclic) bond motifs is 1. The number of aromatic carboxylic acids is 1. The summed E-state index contributed by atoms with van der Waals surface area (Å²) >= 11 is 0. The van der Waals surface area contributed by atoms with Gasteiger partial charge in [0.2, 0.25) is 10.0 Å². The Morgan fingerprint density at radius 3 is 2.53 bits per heavy atom. The monoisotopic (exact) mass is 458 g/mol. The molecule has 1 aliphatic rings. The summed E-state index contributed by atoms with van der Waals surface area (Å²) in [7, 11) is -3.92. The van der Waals surface area contributed by atoms with Crippen LogP contribution >= 0.6 is 0 Å². The molecule has 0 spiro atoms. The lowest BCUT2D eigenvalue weighted by Gasteiger charge is -2.23. The number of carboxylic acid groups (broad SMARTS) is 1. The largest absolute Gasteiger partial charge is 0.507 e. The number of hydrogen-bond acceptors (Lipinski definition) is 5. The average Bonchev–Trinajstić information content (AvgIpc) is 3.17. The molecular formula is C23H26N2O6S. The van der Waals surface area contributed by atoms with Gasteiger partial charge in [-0.25, -0.2) is 17.9 Å². The number of aromatic amines is 1. The number of rotatable bonds is 6. The first-order valence-electron chi connectivity index (χ1n) is 10.5. The average molecular weight is 459 g/mol. The van der Waals surface area contributed by atoms with Crippen LogP contribution in [0.25, 0.3) is 10.9 Å². The van der Waals surface area contributed by atoms with Crippen molar-refractivity contribution in [1.82, 2.24) is 9.71 Å². The summed E-state index contributed by atoms with van der Waals surface area (Å²) < 4.78 is 34.6. The van der Waals surface area contributed by atoms with Crippen LogP contribution in [0.2, 0.25) is 0 Å². The van der Waals surface area contributed by atoms with E-state index in [2.05, 4.69) is 9.71 Å². The van der Waals surface area contributed by atoms with Crippen LogP contribution in [0.5, 0.6) is 17.2 Å². The molecule has 0 saturated heterocycles. The smallest absolute Gasteiger partial charge is 0.352 e. The number of aromatic nitrogens is 1. The predicted octanol–water partition coefficient (Wildman–Crippen LogP) is 4.59. The third-order valence-corrected chi connectivity index (χ3v) is 7.46. The fourth-order valence-corrected chi connectivity index (χ4v) is 5.68. The minimum atomic E-state index is -3.92. The molecule has 170 valence electrons. The van der Waals surface area contributed by atoms with Crippen LogP contribution in [-0.4, -0.2) is 35.6 Å². The van der Waals surface area contributed by atoms with Crippen molar-refractivity contribution in [2.75, 3.05) is 0 Å². The number of phenolic OH excluding ortho intramolecular Hbond substituents is 1. The van der Waals surface area contributed by atoms with Crippen molar-refractivity contribution < 1.29 is 28.2 Å². The van der Waals surface area contributed by atoms with Gasteiger partial charge in [-0.05, 0) is 56.5 Å². The van der Waals surface area contributed by atoms with E-state index in [0.29, 0.717) is 16.7 Å². The Hall–Kier alpha value is -3.04. The third-order valence-electron chi connectivity index (χ3n) is 5.91. The number of ether oxygens (including phenoxy) is 1. The minimum absolute atomic E-state index is 0.0754. The van der Waals surface area contributed by atoms with Gasteiger partial charge in [0.05, 0.1) is 0 Å². The lowest BCUT2D eigenvalue weighted by atomic mass is 9.96. The van der Waals surface area contributed by atoms with E-state index in [9.17, 15) is 23.4 Å². The number of phenols is 1. The number of carbonyl (C=O) groups is 1. The van der Waals surface area contributed by atoms with Gasteiger partial charge in [-0.2, -0.15) is 0 Å². The summed E-state index contributed by atoms with van der Waals surface area (Å²) in [4.78, 5) is 13.9. The first kappa shape index (κ1) is 22.2. The molecule has 0 radical (unpaired) electrons. The van der Waals surface area contributed by atoms with Crippen LogP contribution in [0, 0.1) is 13.8 Å². The lowest BCUT2D eigenvalue weighted by molar-refractivity contribution is 0.0691. The highest BCUT2D eigenvalue weighted by Gasteiger charge is 2.25. The second-order valence-corrected chi connectivity index (χ2v) is 9.97. The molecule has 8 nitrogen and oxygen atoms in total. The number of hydrogen-bond donors (Lipinski definition) is 4. The Labute approximate surface area is 186 Å². The number of nitrogens with one attached hydrogen (secondary N) is 2. The van der Waals surface area contributed by atoms with Gasteiger partial charge < -0.3 is 19.9 Å². The van der Waals surface area contributed by atoms with Crippen molar-refractivity contribution in [2.45, 2.75) is 56.9 Å². The molecule has 0 bridgehead atoms. The first-order chi connectivity index (χ1) is 15.2. The van der Waals surface area contributed by atoms with Gasteiger partial charge in [0, 0.05) is 28.6 Å². The van der Waals surface area contributed by atoms with Gasteiger partial charge >= 0.3 is 5.97 Å². The highest BCUT2D eigenvalue weighted by atomic mass is 32.2. The van der Waals surface area contributed by atoms with Gasteiger partial charge in [0.1, 0.15) is 27.8 Å². The van der Waals surface area contributed by atoms with E-state index in [1.807, 2.05) is 13.8 Å². The van der Waals surface area contributed by atoms with E-state index in [0.717, 1.165) is 43.2 Å². The molecule has 9 heteroatoms. The molecule has 0 atom stereocenters. The van der Waals surface area contributed by atoms with Gasteiger partial charge in [0.15, 0.2) is 0 Å². The van der Waals surface area contributed by atoms with Gasteiger partial charge in [-0.15, -0.1) is 0 Å². The maximum absolute atomic E-state index is 12.9. The molecule has 4 rings (SSSR count). The molecule has 3 aromatic rings. The van der Waals surface area contributed by atoms with Crippen molar-refractivity contribution >= 4 is 26.9 Å². The summed E-state index contributed by atoms with van der Waals surface area (Å²) in [5, 5.41) is 20.2. The molecular weight excluding hydrogens is 432 g/mol. The normalized spacial score (nSPS) is 15.2. The molecule has 1 fully saturated rings. The number of aromatic hydroxyl groups is 1. The number of carboxylic acids is 1. The highest BCUT2D eigenvalue weighted by molar-refractivity contribution is 7.89. The van der Waals surface area contributed by atoms with E-state index >= 15 is 0 Å². The maximum atomic E-state index is 12.9. The van der Waals surface area contributed by atoms with Crippen LogP contribution in [0.1, 0.15) is 53.7 Å². The van der Waals surface area contributed by atoms with E-state index in [-0.39, 0.29) is 28.1 Å². The fourth-order valence-electron chi connectivity index (χ4n) is 4.26. The summed E-state index contributed by atoms with van der Waals surface area (Å²) in [6.45, 7) is 3.64. The molecule has 0 unspecified atom stereocenters. The summed E-state index contributed by atoms with van der Waals surface area (Å²) in [5.41, 5.74) is 2.23. The van der Waals surface area contributed by atoms with Gasteiger partial charge in [-0.1, -0.05) is 19.3 Å². The zero-order valence-corrected chi connectivity index (χ0v) is 18.8. The third kappa shape index (κ3) is 4.31. The fraction of sp³-hybridized carbons (Fsp3) is 0.348. The molecule has 1 aromatic heterocycles. The quantitative estimate of drug-likeness (QED) is 0.428. The first-order valence-corrected chi connectivity index (χ1v) is 12.0. The zero-order valence-electron chi connectivity index (χ0n) is 17.9. The van der Waals surface area contributed by atoms with Crippen LogP contribution in [-0.2, 0) is 10.0 Å². The SMILES string of the molecule is Cc1cc2[nH]c(C(=O)O)cc2c(C)c1Oc1ccc(O)c(S(=O)(=O)NC2CCCCC2)c1. The molecule has 1 saturated carbocycles. The van der Waals surface area contributed by atoms with Crippen molar-refractivity contribution in [2.24, 2.45) is 0 Å².